The molecule has 0 saturated carbocycles. The van der Waals surface area contributed by atoms with Crippen molar-refractivity contribution in [1.82, 2.24) is 4.90 Å². The number of hydrogen-bond acceptors (Lipinski definition) is 2. The Morgan fingerprint density at radius 2 is 2.20 bits per heavy atom. The van der Waals surface area contributed by atoms with Gasteiger partial charge in [0.25, 0.3) is 5.91 Å². The van der Waals surface area contributed by atoms with Crippen molar-refractivity contribution in [2.45, 2.75) is 19.8 Å². The summed E-state index contributed by atoms with van der Waals surface area (Å²) in [7, 11) is 0. The average Bonchev–Trinajstić information content (AvgIpc) is 2.39. The summed E-state index contributed by atoms with van der Waals surface area (Å²) in [5.74, 6) is -0.166. The van der Waals surface area contributed by atoms with Gasteiger partial charge in [-0.25, -0.2) is 0 Å². The molecule has 78 valence electrons. The number of carbonyl (C=O) groups is 2. The first-order valence-electron chi connectivity index (χ1n) is 5.08. The number of fused-ring (bicyclic) bond motifs is 1. The largest absolute Gasteiger partial charge is 0.281 e. The molecule has 3 heteroatoms. The monoisotopic (exact) mass is 203 g/mol. The van der Waals surface area contributed by atoms with Gasteiger partial charge < -0.3 is 0 Å². The molecule has 1 aromatic rings. The standard InChI is InChI=1S/C12H13NO2/c1-9-4-5-10-3-2-6-13(8-14)12(15)11(10)7-9/h4-5,7-8H,2-3,6H2,1H3. The van der Waals surface area contributed by atoms with Gasteiger partial charge in [0.2, 0.25) is 6.41 Å². The number of aryl methyl sites for hydroxylation is 2. The zero-order valence-corrected chi connectivity index (χ0v) is 8.69. The van der Waals surface area contributed by atoms with E-state index in [4.69, 9.17) is 0 Å². The van der Waals surface area contributed by atoms with Crippen molar-refractivity contribution in [3.63, 3.8) is 0 Å². The molecule has 0 saturated heterocycles. The second-order valence-corrected chi connectivity index (χ2v) is 3.87. The molecule has 0 fully saturated rings. The Hall–Kier alpha value is -1.64. The van der Waals surface area contributed by atoms with E-state index in [-0.39, 0.29) is 5.91 Å². The normalized spacial score (nSPS) is 15.8. The van der Waals surface area contributed by atoms with Crippen LogP contribution in [0.25, 0.3) is 0 Å². The van der Waals surface area contributed by atoms with E-state index in [1.807, 2.05) is 25.1 Å². The maximum Gasteiger partial charge on any atom is 0.260 e. The summed E-state index contributed by atoms with van der Waals surface area (Å²) in [5, 5.41) is 0. The minimum atomic E-state index is -0.166. The van der Waals surface area contributed by atoms with E-state index in [1.165, 1.54) is 4.90 Å². The average molecular weight is 203 g/mol. The number of amides is 2. The number of carbonyl (C=O) groups excluding carboxylic acids is 2. The molecular formula is C12H13NO2. The summed E-state index contributed by atoms with van der Waals surface area (Å²) in [5.41, 5.74) is 2.78. The highest BCUT2D eigenvalue weighted by atomic mass is 16.2. The number of hydrogen-bond donors (Lipinski definition) is 0. The molecule has 1 aliphatic heterocycles. The van der Waals surface area contributed by atoms with Crippen molar-refractivity contribution < 1.29 is 9.59 Å². The molecule has 2 rings (SSSR count). The van der Waals surface area contributed by atoms with E-state index < -0.39 is 0 Å². The summed E-state index contributed by atoms with van der Waals surface area (Å²) >= 11 is 0. The zero-order valence-electron chi connectivity index (χ0n) is 8.69. The van der Waals surface area contributed by atoms with Crippen LogP contribution in [-0.2, 0) is 11.2 Å². The van der Waals surface area contributed by atoms with Crippen LogP contribution in [0.2, 0.25) is 0 Å². The van der Waals surface area contributed by atoms with Crippen LogP contribution in [-0.4, -0.2) is 23.8 Å². The first-order valence-corrected chi connectivity index (χ1v) is 5.08. The Balaban J connectivity index is 2.48. The van der Waals surface area contributed by atoms with Gasteiger partial charge >= 0.3 is 0 Å². The SMILES string of the molecule is Cc1ccc2c(c1)C(=O)N(C=O)CCC2. The molecule has 0 spiro atoms. The maximum absolute atomic E-state index is 11.9. The zero-order chi connectivity index (χ0) is 10.8. The topological polar surface area (TPSA) is 37.4 Å². The highest BCUT2D eigenvalue weighted by molar-refractivity contribution is 6.01. The summed E-state index contributed by atoms with van der Waals surface area (Å²) in [6, 6.07) is 5.85. The molecule has 0 bridgehead atoms. The lowest BCUT2D eigenvalue weighted by Crippen LogP contribution is -2.29. The molecule has 15 heavy (non-hydrogen) atoms. The number of rotatable bonds is 1. The number of imide groups is 1. The van der Waals surface area contributed by atoms with E-state index in [2.05, 4.69) is 0 Å². The molecule has 0 aromatic heterocycles. The Labute approximate surface area is 88.7 Å². The van der Waals surface area contributed by atoms with Crippen molar-refractivity contribution in [1.29, 1.82) is 0 Å². The van der Waals surface area contributed by atoms with Gasteiger partial charge in [-0.3, -0.25) is 14.5 Å². The molecule has 0 N–H and O–H groups in total. The van der Waals surface area contributed by atoms with Crippen molar-refractivity contribution in [3.05, 3.63) is 34.9 Å². The number of benzene rings is 1. The minimum Gasteiger partial charge on any atom is -0.281 e. The molecule has 3 nitrogen and oxygen atoms in total. The minimum absolute atomic E-state index is 0.166. The number of nitrogens with zero attached hydrogens (tertiary/aromatic N) is 1. The third kappa shape index (κ3) is 1.77. The highest BCUT2D eigenvalue weighted by Gasteiger charge is 2.21. The third-order valence-electron chi connectivity index (χ3n) is 2.73. The van der Waals surface area contributed by atoms with Crippen LogP contribution in [0.1, 0.15) is 27.9 Å². The fourth-order valence-electron chi connectivity index (χ4n) is 1.90. The Morgan fingerprint density at radius 1 is 1.40 bits per heavy atom. The lowest BCUT2D eigenvalue weighted by atomic mass is 10.0. The van der Waals surface area contributed by atoms with Gasteiger partial charge in [-0.15, -0.1) is 0 Å². The summed E-state index contributed by atoms with van der Waals surface area (Å²) < 4.78 is 0. The smallest absolute Gasteiger partial charge is 0.260 e. The predicted octanol–water partition coefficient (Wildman–Crippen LogP) is 1.54. The van der Waals surface area contributed by atoms with Crippen LogP contribution in [0.3, 0.4) is 0 Å². The fraction of sp³-hybridized carbons (Fsp3) is 0.333. The van der Waals surface area contributed by atoms with Crippen LogP contribution < -0.4 is 0 Å². The van der Waals surface area contributed by atoms with E-state index in [0.717, 1.165) is 24.0 Å². The Kier molecular flexibility index (Phi) is 2.54. The van der Waals surface area contributed by atoms with E-state index in [0.29, 0.717) is 18.5 Å². The molecule has 1 aliphatic rings. The molecular weight excluding hydrogens is 190 g/mol. The molecule has 1 heterocycles. The Morgan fingerprint density at radius 3 is 2.93 bits per heavy atom. The molecule has 0 atom stereocenters. The molecule has 0 unspecified atom stereocenters. The lowest BCUT2D eigenvalue weighted by molar-refractivity contribution is -0.115. The van der Waals surface area contributed by atoms with Gasteiger partial charge in [0, 0.05) is 12.1 Å². The van der Waals surface area contributed by atoms with Gasteiger partial charge in [0.05, 0.1) is 0 Å². The van der Waals surface area contributed by atoms with Crippen molar-refractivity contribution in [3.8, 4) is 0 Å². The van der Waals surface area contributed by atoms with Crippen LogP contribution >= 0.6 is 0 Å². The van der Waals surface area contributed by atoms with Gasteiger partial charge in [0.15, 0.2) is 0 Å². The van der Waals surface area contributed by atoms with Crippen molar-refractivity contribution in [2.24, 2.45) is 0 Å². The molecule has 1 aromatic carbocycles. The van der Waals surface area contributed by atoms with Crippen LogP contribution in [0.15, 0.2) is 18.2 Å². The first-order chi connectivity index (χ1) is 7.22. The van der Waals surface area contributed by atoms with E-state index >= 15 is 0 Å². The van der Waals surface area contributed by atoms with Gasteiger partial charge in [-0.2, -0.15) is 0 Å². The first kappa shape index (κ1) is 9.90. The third-order valence-corrected chi connectivity index (χ3v) is 2.73. The molecule has 0 radical (unpaired) electrons. The lowest BCUT2D eigenvalue weighted by Gasteiger charge is -2.12. The van der Waals surface area contributed by atoms with E-state index in [1.54, 1.807) is 0 Å². The summed E-state index contributed by atoms with van der Waals surface area (Å²) in [4.78, 5) is 23.9. The van der Waals surface area contributed by atoms with Crippen LogP contribution in [0, 0.1) is 6.92 Å². The summed E-state index contributed by atoms with van der Waals surface area (Å²) in [6.45, 7) is 2.47. The Bertz CT molecular complexity index is 412. The summed E-state index contributed by atoms with van der Waals surface area (Å²) in [6.07, 6.45) is 2.34. The van der Waals surface area contributed by atoms with Gasteiger partial charge in [-0.05, 0) is 31.4 Å². The van der Waals surface area contributed by atoms with Gasteiger partial charge in [-0.1, -0.05) is 17.7 Å². The van der Waals surface area contributed by atoms with Crippen LogP contribution in [0.5, 0.6) is 0 Å². The quantitative estimate of drug-likeness (QED) is 0.649. The second kappa shape index (κ2) is 3.85. The molecule has 2 amide bonds. The second-order valence-electron chi connectivity index (χ2n) is 3.87. The predicted molar refractivity (Wildman–Crippen MR) is 56.6 cm³/mol. The fourth-order valence-corrected chi connectivity index (χ4v) is 1.90. The van der Waals surface area contributed by atoms with E-state index in [9.17, 15) is 9.59 Å². The molecule has 0 aliphatic carbocycles. The highest BCUT2D eigenvalue weighted by Crippen LogP contribution is 2.19. The van der Waals surface area contributed by atoms with Crippen LogP contribution in [0.4, 0.5) is 0 Å². The van der Waals surface area contributed by atoms with Crippen molar-refractivity contribution >= 4 is 12.3 Å². The maximum atomic E-state index is 11.9. The van der Waals surface area contributed by atoms with Gasteiger partial charge in [0.1, 0.15) is 0 Å². The van der Waals surface area contributed by atoms with Crippen molar-refractivity contribution in [2.75, 3.05) is 6.54 Å².